The predicted octanol–water partition coefficient (Wildman–Crippen LogP) is 4.94. The molecule has 1 heteroatoms. The van der Waals surface area contributed by atoms with Gasteiger partial charge < -0.3 is 5.73 Å². The van der Waals surface area contributed by atoms with Gasteiger partial charge in [-0.3, -0.25) is 0 Å². The van der Waals surface area contributed by atoms with Gasteiger partial charge in [0.2, 0.25) is 0 Å². The summed E-state index contributed by atoms with van der Waals surface area (Å²) < 4.78 is 0. The summed E-state index contributed by atoms with van der Waals surface area (Å²) in [5, 5.41) is 0. The van der Waals surface area contributed by atoms with Crippen LogP contribution in [0.25, 0.3) is 0 Å². The molecule has 1 aromatic rings. The summed E-state index contributed by atoms with van der Waals surface area (Å²) >= 11 is 0. The first-order chi connectivity index (χ1) is 9.80. The van der Waals surface area contributed by atoms with E-state index in [1.165, 1.54) is 23.1 Å². The molecule has 0 aliphatic heterocycles. The molecule has 20 heavy (non-hydrogen) atoms. The van der Waals surface area contributed by atoms with Crippen molar-refractivity contribution in [3.05, 3.63) is 59.2 Å². The SMILES string of the molecule is CC/C=C/CC=CCCCc1cc(CC)cc(CN)c1. The molecule has 110 valence electrons. The standard InChI is InChI=1S/C19H29N/c1-3-5-6-7-8-9-10-11-12-18-13-17(4-2)14-19(15-18)16-20/h5-6,8-9,13-15H,3-4,7,10-12,16,20H2,1-2H3/b6-5+,9-8?. The molecule has 0 aliphatic rings. The van der Waals surface area contributed by atoms with Gasteiger partial charge in [0.05, 0.1) is 0 Å². The van der Waals surface area contributed by atoms with Crippen LogP contribution in [-0.2, 0) is 19.4 Å². The molecule has 0 fully saturated rings. The summed E-state index contributed by atoms with van der Waals surface area (Å²) in [5.74, 6) is 0. The number of allylic oxidation sites excluding steroid dienone is 4. The maximum Gasteiger partial charge on any atom is 0.0178 e. The molecule has 1 aromatic carbocycles. The lowest BCUT2D eigenvalue weighted by Gasteiger charge is -2.07. The summed E-state index contributed by atoms with van der Waals surface area (Å²) in [4.78, 5) is 0. The lowest BCUT2D eigenvalue weighted by molar-refractivity contribution is 0.836. The van der Waals surface area contributed by atoms with Crippen LogP contribution in [0.4, 0.5) is 0 Å². The van der Waals surface area contributed by atoms with Crippen molar-refractivity contribution in [1.82, 2.24) is 0 Å². The Morgan fingerprint density at radius 3 is 2.30 bits per heavy atom. The summed E-state index contributed by atoms with van der Waals surface area (Å²) in [6, 6.07) is 6.81. The Morgan fingerprint density at radius 1 is 0.900 bits per heavy atom. The molecule has 0 aromatic heterocycles. The molecule has 0 saturated carbocycles. The van der Waals surface area contributed by atoms with Crippen molar-refractivity contribution in [2.45, 2.75) is 58.9 Å². The fraction of sp³-hybridized carbons (Fsp3) is 0.474. The lowest BCUT2D eigenvalue weighted by atomic mass is 10.00. The lowest BCUT2D eigenvalue weighted by Crippen LogP contribution is -1.99. The molecule has 0 amide bonds. The van der Waals surface area contributed by atoms with E-state index in [1.54, 1.807) is 0 Å². The van der Waals surface area contributed by atoms with Gasteiger partial charge in [-0.05, 0) is 55.2 Å². The average Bonchev–Trinajstić information content (AvgIpc) is 2.49. The number of benzene rings is 1. The van der Waals surface area contributed by atoms with Gasteiger partial charge in [-0.2, -0.15) is 0 Å². The number of aryl methyl sites for hydroxylation is 2. The number of hydrogen-bond acceptors (Lipinski definition) is 1. The Labute approximate surface area is 124 Å². The Kier molecular flexibility index (Phi) is 8.73. The molecule has 0 bridgehead atoms. The van der Waals surface area contributed by atoms with Gasteiger partial charge in [0, 0.05) is 6.54 Å². The second-order valence-corrected chi connectivity index (χ2v) is 5.19. The fourth-order valence-electron chi connectivity index (χ4n) is 2.29. The maximum atomic E-state index is 5.76. The number of unbranched alkanes of at least 4 members (excludes halogenated alkanes) is 1. The van der Waals surface area contributed by atoms with Crippen LogP contribution < -0.4 is 5.73 Å². The van der Waals surface area contributed by atoms with Crippen molar-refractivity contribution in [2.75, 3.05) is 0 Å². The highest BCUT2D eigenvalue weighted by atomic mass is 14.5. The molecule has 2 N–H and O–H groups in total. The third-order valence-corrected chi connectivity index (χ3v) is 3.43. The Hall–Kier alpha value is -1.34. The van der Waals surface area contributed by atoms with Gasteiger partial charge in [0.25, 0.3) is 0 Å². The van der Waals surface area contributed by atoms with Crippen LogP contribution in [0.2, 0.25) is 0 Å². The first-order valence-corrected chi connectivity index (χ1v) is 7.91. The third-order valence-electron chi connectivity index (χ3n) is 3.43. The van der Waals surface area contributed by atoms with Gasteiger partial charge in [-0.1, -0.05) is 56.4 Å². The zero-order valence-electron chi connectivity index (χ0n) is 13.1. The summed E-state index contributed by atoms with van der Waals surface area (Å²) in [7, 11) is 0. The van der Waals surface area contributed by atoms with Crippen molar-refractivity contribution in [2.24, 2.45) is 5.73 Å². The fourth-order valence-corrected chi connectivity index (χ4v) is 2.29. The van der Waals surface area contributed by atoms with E-state index in [2.05, 4.69) is 56.4 Å². The first-order valence-electron chi connectivity index (χ1n) is 7.91. The van der Waals surface area contributed by atoms with Gasteiger partial charge >= 0.3 is 0 Å². The van der Waals surface area contributed by atoms with Crippen LogP contribution in [0, 0.1) is 0 Å². The molecule has 0 saturated heterocycles. The van der Waals surface area contributed by atoms with Crippen molar-refractivity contribution in [3.8, 4) is 0 Å². The predicted molar refractivity (Wildman–Crippen MR) is 89.8 cm³/mol. The van der Waals surface area contributed by atoms with Gasteiger partial charge in [-0.15, -0.1) is 0 Å². The second kappa shape index (κ2) is 10.4. The van der Waals surface area contributed by atoms with Gasteiger partial charge in [0.15, 0.2) is 0 Å². The normalized spacial score (nSPS) is 11.8. The van der Waals surface area contributed by atoms with E-state index in [0.717, 1.165) is 32.1 Å². The highest BCUT2D eigenvalue weighted by Gasteiger charge is 1.99. The van der Waals surface area contributed by atoms with Crippen LogP contribution in [0.3, 0.4) is 0 Å². The minimum atomic E-state index is 0.643. The Balaban J connectivity index is 2.36. The van der Waals surface area contributed by atoms with E-state index in [0.29, 0.717) is 6.54 Å². The van der Waals surface area contributed by atoms with Crippen molar-refractivity contribution >= 4 is 0 Å². The van der Waals surface area contributed by atoms with Crippen LogP contribution >= 0.6 is 0 Å². The van der Waals surface area contributed by atoms with Crippen LogP contribution in [0.15, 0.2) is 42.5 Å². The monoisotopic (exact) mass is 271 g/mol. The van der Waals surface area contributed by atoms with E-state index in [1.807, 2.05) is 0 Å². The minimum Gasteiger partial charge on any atom is -0.326 e. The van der Waals surface area contributed by atoms with Crippen molar-refractivity contribution < 1.29 is 0 Å². The molecule has 0 spiro atoms. The van der Waals surface area contributed by atoms with Crippen LogP contribution in [0.1, 0.15) is 56.2 Å². The summed E-state index contributed by atoms with van der Waals surface area (Å²) in [5.41, 5.74) is 9.86. The molecule has 0 radical (unpaired) electrons. The van der Waals surface area contributed by atoms with E-state index in [-0.39, 0.29) is 0 Å². The highest BCUT2D eigenvalue weighted by Crippen LogP contribution is 2.13. The number of hydrogen-bond donors (Lipinski definition) is 1. The Bertz CT molecular complexity index is 407. The number of nitrogens with two attached hydrogens (primary N) is 1. The quantitative estimate of drug-likeness (QED) is 0.499. The van der Waals surface area contributed by atoms with Gasteiger partial charge in [0.1, 0.15) is 0 Å². The molecule has 0 unspecified atom stereocenters. The second-order valence-electron chi connectivity index (χ2n) is 5.19. The topological polar surface area (TPSA) is 26.0 Å². The maximum absolute atomic E-state index is 5.76. The summed E-state index contributed by atoms with van der Waals surface area (Å²) in [6.45, 7) is 5.01. The largest absolute Gasteiger partial charge is 0.326 e. The van der Waals surface area contributed by atoms with Crippen LogP contribution in [0.5, 0.6) is 0 Å². The zero-order chi connectivity index (χ0) is 14.6. The smallest absolute Gasteiger partial charge is 0.0178 e. The molecular formula is C19H29N. The van der Waals surface area contributed by atoms with E-state index < -0.39 is 0 Å². The van der Waals surface area contributed by atoms with E-state index in [9.17, 15) is 0 Å². The molecule has 1 rings (SSSR count). The summed E-state index contributed by atoms with van der Waals surface area (Å²) in [6.07, 6.45) is 15.8. The van der Waals surface area contributed by atoms with Crippen molar-refractivity contribution in [1.29, 1.82) is 0 Å². The Morgan fingerprint density at radius 2 is 1.60 bits per heavy atom. The van der Waals surface area contributed by atoms with Crippen molar-refractivity contribution in [3.63, 3.8) is 0 Å². The number of rotatable bonds is 9. The highest BCUT2D eigenvalue weighted by molar-refractivity contribution is 5.30. The molecule has 0 heterocycles. The zero-order valence-corrected chi connectivity index (χ0v) is 13.1. The molecule has 1 nitrogen and oxygen atoms in total. The minimum absolute atomic E-state index is 0.643. The van der Waals surface area contributed by atoms with E-state index >= 15 is 0 Å². The third kappa shape index (κ3) is 6.72. The van der Waals surface area contributed by atoms with Gasteiger partial charge in [-0.25, -0.2) is 0 Å². The molecular weight excluding hydrogens is 242 g/mol. The molecule has 0 atom stereocenters. The van der Waals surface area contributed by atoms with E-state index in [4.69, 9.17) is 5.73 Å². The molecule has 0 aliphatic carbocycles. The van der Waals surface area contributed by atoms with Crippen LogP contribution in [-0.4, -0.2) is 0 Å². The average molecular weight is 271 g/mol. The first kappa shape index (κ1) is 16.7.